The predicted octanol–water partition coefficient (Wildman–Crippen LogP) is 8.58. The number of hydrogen-bond acceptors (Lipinski definition) is 0. The summed E-state index contributed by atoms with van der Waals surface area (Å²) in [6.07, 6.45) is 4.45. The highest BCUT2D eigenvalue weighted by Crippen LogP contribution is 2.35. The fraction of sp³-hybridized carbons (Fsp3) is 0.444. The molecule has 0 fully saturated rings. The molecule has 3 aromatic rings. The molecule has 2 aromatic carbocycles. The monoisotopic (exact) mass is 636 g/mol. The van der Waals surface area contributed by atoms with E-state index in [-0.39, 0.29) is 0 Å². The second-order valence-corrected chi connectivity index (χ2v) is 18.0. The zero-order valence-corrected chi connectivity index (χ0v) is 25.8. The summed E-state index contributed by atoms with van der Waals surface area (Å²) in [5, 5.41) is 0. The van der Waals surface area contributed by atoms with E-state index in [0.29, 0.717) is 23.7 Å². The fourth-order valence-electron chi connectivity index (χ4n) is 4.68. The molecule has 0 atom stereocenters. The van der Waals surface area contributed by atoms with Crippen LogP contribution in [0.4, 0.5) is 0 Å². The second-order valence-electron chi connectivity index (χ2n) is 10.2. The zero-order chi connectivity index (χ0) is 24.7. The number of imidazole rings is 1. The molecule has 0 aliphatic rings. The van der Waals surface area contributed by atoms with Crippen molar-refractivity contribution in [3.63, 3.8) is 0 Å². The first-order valence-corrected chi connectivity index (χ1v) is 14.7. The molecule has 0 aliphatic heterocycles. The average Bonchev–Trinajstić information content (AvgIpc) is 3.17. The van der Waals surface area contributed by atoms with E-state index in [4.69, 9.17) is 0 Å². The van der Waals surface area contributed by atoms with Crippen LogP contribution in [0.3, 0.4) is 0 Å². The maximum atomic E-state index is 3.96. The number of hydrogen-bond donors (Lipinski definition) is 0. The maximum absolute atomic E-state index is 3.96. The Labute approximate surface area is 225 Å². The van der Waals surface area contributed by atoms with Crippen LogP contribution in [0.5, 0.6) is 0 Å². The van der Waals surface area contributed by atoms with E-state index in [1.54, 1.807) is 0 Å². The number of para-hydroxylation sites is 2. The standard InChI is InChI=1S/C27H36BBr3N2/c1-17(2)21-11-9-12-22(18(3)4)25(21)32-15-16-33(27(32)28(29,30)31)26-23(19(5)6)13-10-14-24(26)20(7)8/h9-20H,1-8H3. The lowest BCUT2D eigenvalue weighted by molar-refractivity contribution is -0.576. The van der Waals surface area contributed by atoms with Gasteiger partial charge in [-0.1, -0.05) is 91.8 Å². The van der Waals surface area contributed by atoms with Crippen molar-refractivity contribution in [3.05, 3.63) is 71.0 Å². The van der Waals surface area contributed by atoms with Gasteiger partial charge in [0.05, 0.1) is 0 Å². The summed E-state index contributed by atoms with van der Waals surface area (Å²) in [5.74, 6) is 1.66. The molecule has 1 aromatic heterocycles. The molecule has 33 heavy (non-hydrogen) atoms. The van der Waals surface area contributed by atoms with E-state index in [2.05, 4.69) is 161 Å². The van der Waals surface area contributed by atoms with E-state index in [0.717, 1.165) is 5.72 Å². The molecule has 0 saturated carbocycles. The zero-order valence-electron chi connectivity index (χ0n) is 21.0. The van der Waals surface area contributed by atoms with Crippen LogP contribution in [0.15, 0.2) is 48.8 Å². The van der Waals surface area contributed by atoms with E-state index in [1.807, 2.05) is 0 Å². The van der Waals surface area contributed by atoms with Gasteiger partial charge in [-0.05, 0) is 23.7 Å². The van der Waals surface area contributed by atoms with Gasteiger partial charge in [-0.15, -0.1) is 0 Å². The maximum Gasteiger partial charge on any atom is 0.303 e. The molecule has 0 amide bonds. The summed E-state index contributed by atoms with van der Waals surface area (Å²) in [4.78, 5) is 0. The van der Waals surface area contributed by atoms with Crippen molar-refractivity contribution in [1.82, 2.24) is 4.57 Å². The number of halogens is 3. The van der Waals surface area contributed by atoms with Crippen LogP contribution in [0.1, 0.15) is 101 Å². The molecule has 6 heteroatoms. The van der Waals surface area contributed by atoms with Gasteiger partial charge in [0.2, 0.25) is 0 Å². The highest BCUT2D eigenvalue weighted by Gasteiger charge is 2.35. The molecule has 3 rings (SSSR count). The van der Waals surface area contributed by atoms with Crippen molar-refractivity contribution in [2.24, 2.45) is 0 Å². The van der Waals surface area contributed by atoms with Gasteiger partial charge in [0, 0.05) is 22.3 Å². The van der Waals surface area contributed by atoms with E-state index < -0.39 is 2.62 Å². The SMILES string of the molecule is CC(C)c1cccc(C(C)C)c1-n1cc[n+](-c2c(C(C)C)cccc2C(C)C)c1[B-](Br)(Br)Br. The Morgan fingerprint density at radius 1 is 0.667 bits per heavy atom. The fourth-order valence-corrected chi connectivity index (χ4v) is 6.00. The molecular formula is C27H36BBr3N2. The van der Waals surface area contributed by atoms with Gasteiger partial charge in [0.25, 0.3) is 0 Å². The lowest BCUT2D eigenvalue weighted by Crippen LogP contribution is -2.57. The van der Waals surface area contributed by atoms with Crippen molar-refractivity contribution in [1.29, 1.82) is 0 Å². The largest absolute Gasteiger partial charge is 0.311 e. The Morgan fingerprint density at radius 3 is 1.42 bits per heavy atom. The molecule has 1 heterocycles. The minimum absolute atomic E-state index is 0.416. The Morgan fingerprint density at radius 2 is 1.06 bits per heavy atom. The van der Waals surface area contributed by atoms with Crippen molar-refractivity contribution in [2.45, 2.75) is 79.1 Å². The Hall–Kier alpha value is -0.845. The first-order chi connectivity index (χ1) is 15.4. The smallest absolute Gasteiger partial charge is 0.303 e. The molecule has 0 radical (unpaired) electrons. The highest BCUT2D eigenvalue weighted by molar-refractivity contribution is 9.72. The molecule has 0 unspecified atom stereocenters. The van der Waals surface area contributed by atoms with Gasteiger partial charge in [-0.25, -0.2) is 9.13 Å². The average molecular weight is 639 g/mol. The van der Waals surface area contributed by atoms with Crippen molar-refractivity contribution in [2.75, 3.05) is 0 Å². The third-order valence-electron chi connectivity index (χ3n) is 6.32. The van der Waals surface area contributed by atoms with Gasteiger partial charge in [-0.3, -0.25) is 0 Å². The summed E-state index contributed by atoms with van der Waals surface area (Å²) in [7, 11) is 0. The first-order valence-electron chi connectivity index (χ1n) is 11.9. The lowest BCUT2D eigenvalue weighted by atomic mass is 9.91. The summed E-state index contributed by atoms with van der Waals surface area (Å²) >= 11 is 11.9. The first kappa shape index (κ1) is 26.8. The van der Waals surface area contributed by atoms with Crippen molar-refractivity contribution >= 4 is 55.6 Å². The van der Waals surface area contributed by atoms with Crippen LogP contribution in [-0.2, 0) is 0 Å². The third-order valence-corrected chi connectivity index (χ3v) is 7.55. The molecule has 0 spiro atoms. The van der Waals surface area contributed by atoms with E-state index >= 15 is 0 Å². The molecule has 2 nitrogen and oxygen atoms in total. The molecule has 0 bridgehead atoms. The minimum Gasteiger partial charge on any atom is -0.311 e. The Bertz CT molecular complexity index is 991. The van der Waals surface area contributed by atoms with Crippen LogP contribution in [0, 0.1) is 0 Å². The summed E-state index contributed by atoms with van der Waals surface area (Å²) in [6.45, 7) is 18.2. The van der Waals surface area contributed by atoms with Gasteiger partial charge in [0.1, 0.15) is 29.5 Å². The summed E-state index contributed by atoms with van der Waals surface area (Å²) < 4.78 is 3.39. The van der Waals surface area contributed by atoms with E-state index in [1.165, 1.54) is 33.6 Å². The van der Waals surface area contributed by atoms with Crippen LogP contribution < -0.4 is 10.3 Å². The molecule has 178 valence electrons. The van der Waals surface area contributed by atoms with Crippen LogP contribution in [0.2, 0.25) is 0 Å². The van der Waals surface area contributed by atoms with Crippen molar-refractivity contribution in [3.8, 4) is 11.4 Å². The number of rotatable bonds is 7. The second kappa shape index (κ2) is 10.4. The Kier molecular flexibility index (Phi) is 8.44. The normalized spacial score (nSPS) is 12.6. The van der Waals surface area contributed by atoms with Gasteiger partial charge in [-0.2, -0.15) is 0 Å². The van der Waals surface area contributed by atoms with Crippen molar-refractivity contribution < 1.29 is 4.57 Å². The van der Waals surface area contributed by atoms with Gasteiger partial charge >= 0.3 is 2.62 Å². The minimum atomic E-state index is -1.37. The highest BCUT2D eigenvalue weighted by atomic mass is 79.9. The van der Waals surface area contributed by atoms with Crippen LogP contribution in [0.25, 0.3) is 11.4 Å². The summed E-state index contributed by atoms with van der Waals surface area (Å²) in [5.41, 5.74) is 9.15. The van der Waals surface area contributed by atoms with Crippen LogP contribution in [-0.4, -0.2) is 7.19 Å². The quantitative estimate of drug-likeness (QED) is 0.181. The topological polar surface area (TPSA) is 8.81 Å². The molecular weight excluding hydrogens is 603 g/mol. The lowest BCUT2D eigenvalue weighted by Gasteiger charge is -2.25. The predicted molar refractivity (Wildman–Crippen MR) is 156 cm³/mol. The van der Waals surface area contributed by atoms with Crippen LogP contribution >= 0.6 is 47.3 Å². The van der Waals surface area contributed by atoms with Gasteiger partial charge < -0.3 is 47.3 Å². The number of benzene rings is 2. The molecule has 0 N–H and O–H groups in total. The number of aromatic nitrogens is 2. The number of nitrogens with zero attached hydrogens (tertiary/aromatic N) is 2. The molecule has 0 saturated heterocycles. The molecule has 0 aliphatic carbocycles. The third kappa shape index (κ3) is 5.38. The van der Waals surface area contributed by atoms with Gasteiger partial charge in [0.15, 0.2) is 0 Å². The Balaban J connectivity index is 2.47. The van der Waals surface area contributed by atoms with E-state index in [9.17, 15) is 0 Å². The summed E-state index contributed by atoms with van der Waals surface area (Å²) in [6, 6.07) is 13.5.